The van der Waals surface area contributed by atoms with Gasteiger partial charge in [0.05, 0.1) is 23.6 Å². The Morgan fingerprint density at radius 1 is 1.48 bits per heavy atom. The fourth-order valence-electron chi connectivity index (χ4n) is 2.63. The molecule has 2 N–H and O–H groups in total. The van der Waals surface area contributed by atoms with Gasteiger partial charge in [0, 0.05) is 25.3 Å². The van der Waals surface area contributed by atoms with E-state index >= 15 is 0 Å². The maximum absolute atomic E-state index is 12.3. The van der Waals surface area contributed by atoms with Crippen molar-refractivity contribution in [2.24, 2.45) is 0 Å². The number of anilines is 1. The molecule has 0 saturated carbocycles. The minimum absolute atomic E-state index is 0.275. The van der Waals surface area contributed by atoms with Gasteiger partial charge < -0.3 is 14.8 Å². The van der Waals surface area contributed by atoms with E-state index in [2.05, 4.69) is 15.6 Å². The Labute approximate surface area is 138 Å². The number of nitrogens with one attached hydrogen (secondary N) is 2. The molecule has 0 saturated heterocycles. The molecule has 1 aromatic carbocycles. The zero-order valence-corrected chi connectivity index (χ0v) is 13.9. The number of fused-ring (bicyclic) bond motifs is 1. The second-order valence-corrected chi connectivity index (χ2v) is 6.69. The average molecular weight is 333 g/mol. The van der Waals surface area contributed by atoms with Crippen molar-refractivity contribution in [3.8, 4) is 5.75 Å². The monoisotopic (exact) mass is 333 g/mol. The van der Waals surface area contributed by atoms with Crippen LogP contribution in [0.3, 0.4) is 0 Å². The minimum Gasteiger partial charge on any atom is -0.493 e. The molecule has 2 heterocycles. The molecule has 0 bridgehead atoms. The summed E-state index contributed by atoms with van der Waals surface area (Å²) in [5, 5.41) is 6.39. The van der Waals surface area contributed by atoms with Gasteiger partial charge in [0.25, 0.3) is 0 Å². The van der Waals surface area contributed by atoms with Crippen molar-refractivity contribution in [3.05, 3.63) is 40.9 Å². The molecule has 1 atom stereocenters. The molecule has 0 spiro atoms. The second kappa shape index (κ2) is 6.55. The molecule has 3 rings (SSSR count). The average Bonchev–Trinajstić information content (AvgIpc) is 2.95. The van der Waals surface area contributed by atoms with E-state index in [-0.39, 0.29) is 6.03 Å². The first-order valence-corrected chi connectivity index (χ1v) is 8.17. The summed E-state index contributed by atoms with van der Waals surface area (Å²) in [5.41, 5.74) is 0.520. The van der Waals surface area contributed by atoms with Crippen LogP contribution in [0.4, 0.5) is 9.93 Å². The summed E-state index contributed by atoms with van der Waals surface area (Å²) in [7, 11) is 1.63. The van der Waals surface area contributed by atoms with E-state index in [1.165, 1.54) is 11.3 Å². The van der Waals surface area contributed by atoms with Crippen LogP contribution in [0.5, 0.6) is 5.75 Å². The Kier molecular flexibility index (Phi) is 4.49. The Hall–Kier alpha value is -2.12. The number of benzene rings is 1. The van der Waals surface area contributed by atoms with Crippen LogP contribution >= 0.6 is 11.3 Å². The van der Waals surface area contributed by atoms with Crippen molar-refractivity contribution < 1.29 is 14.3 Å². The highest BCUT2D eigenvalue weighted by atomic mass is 32.1. The zero-order chi connectivity index (χ0) is 16.3. The number of thiazole rings is 1. The molecule has 23 heavy (non-hydrogen) atoms. The normalized spacial score (nSPS) is 19.6. The lowest BCUT2D eigenvalue weighted by molar-refractivity contribution is 0.187. The van der Waals surface area contributed by atoms with Gasteiger partial charge in [-0.25, -0.2) is 9.78 Å². The summed E-state index contributed by atoms with van der Waals surface area (Å²) in [6, 6.07) is 7.50. The number of nitrogens with zero attached hydrogens (tertiary/aromatic N) is 1. The Bertz CT molecular complexity index is 703. The molecule has 2 amide bonds. The smallest absolute Gasteiger partial charge is 0.321 e. The molecule has 1 aliphatic rings. The van der Waals surface area contributed by atoms with Gasteiger partial charge >= 0.3 is 6.03 Å². The van der Waals surface area contributed by atoms with Crippen LogP contribution in [-0.2, 0) is 16.9 Å². The van der Waals surface area contributed by atoms with Gasteiger partial charge in [0.1, 0.15) is 5.75 Å². The van der Waals surface area contributed by atoms with Crippen molar-refractivity contribution in [3.63, 3.8) is 0 Å². The van der Waals surface area contributed by atoms with Crippen molar-refractivity contribution in [2.75, 3.05) is 19.0 Å². The number of rotatable bonds is 4. The molecule has 1 aromatic heterocycles. The van der Waals surface area contributed by atoms with E-state index in [9.17, 15) is 4.79 Å². The lowest BCUT2D eigenvalue weighted by Gasteiger charge is -2.36. The quantitative estimate of drug-likeness (QED) is 0.902. The molecule has 1 aliphatic heterocycles. The van der Waals surface area contributed by atoms with Crippen molar-refractivity contribution >= 4 is 22.5 Å². The predicted octanol–water partition coefficient (Wildman–Crippen LogP) is 3.11. The van der Waals surface area contributed by atoms with Gasteiger partial charge in [-0.2, -0.15) is 0 Å². The molecule has 7 heteroatoms. The van der Waals surface area contributed by atoms with Crippen LogP contribution in [0, 0.1) is 0 Å². The maximum atomic E-state index is 12.3. The number of para-hydroxylation sites is 1. The van der Waals surface area contributed by atoms with E-state index in [0.29, 0.717) is 24.8 Å². The Morgan fingerprint density at radius 3 is 3.13 bits per heavy atom. The number of aromatic nitrogens is 1. The van der Waals surface area contributed by atoms with Gasteiger partial charge in [0.15, 0.2) is 5.13 Å². The Morgan fingerprint density at radius 2 is 2.30 bits per heavy atom. The van der Waals surface area contributed by atoms with E-state index in [4.69, 9.17) is 9.47 Å². The highest BCUT2D eigenvalue weighted by molar-refractivity contribution is 7.15. The topological polar surface area (TPSA) is 72.5 Å². The number of ether oxygens (including phenoxy) is 2. The first kappa shape index (κ1) is 15.8. The number of carbonyl (C=O) groups excluding carboxylic acids is 1. The molecule has 122 valence electrons. The molecule has 0 fully saturated rings. The van der Waals surface area contributed by atoms with Crippen molar-refractivity contribution in [1.82, 2.24) is 10.3 Å². The number of hydrogen-bond donors (Lipinski definition) is 2. The van der Waals surface area contributed by atoms with E-state index in [1.807, 2.05) is 31.2 Å². The fourth-order valence-corrected chi connectivity index (χ4v) is 3.41. The second-order valence-electron chi connectivity index (χ2n) is 5.57. The first-order valence-electron chi connectivity index (χ1n) is 7.36. The summed E-state index contributed by atoms with van der Waals surface area (Å²) >= 11 is 1.40. The zero-order valence-electron chi connectivity index (χ0n) is 13.1. The number of carbonyl (C=O) groups is 1. The number of amides is 2. The largest absolute Gasteiger partial charge is 0.493 e. The first-order chi connectivity index (χ1) is 11.1. The van der Waals surface area contributed by atoms with Gasteiger partial charge in [-0.15, -0.1) is 0 Å². The number of urea groups is 1. The van der Waals surface area contributed by atoms with Crippen LogP contribution < -0.4 is 15.4 Å². The summed E-state index contributed by atoms with van der Waals surface area (Å²) < 4.78 is 10.7. The number of methoxy groups -OCH3 is 1. The van der Waals surface area contributed by atoms with Gasteiger partial charge in [-0.1, -0.05) is 29.5 Å². The lowest BCUT2D eigenvalue weighted by atomic mass is 9.86. The van der Waals surface area contributed by atoms with E-state index in [0.717, 1.165) is 16.2 Å². The maximum Gasteiger partial charge on any atom is 0.321 e. The molecule has 0 radical (unpaired) electrons. The molecule has 0 aliphatic carbocycles. The number of hydrogen-bond acceptors (Lipinski definition) is 5. The molecule has 6 nitrogen and oxygen atoms in total. The summed E-state index contributed by atoms with van der Waals surface area (Å²) in [5.74, 6) is 0.818. The molecule has 2 aromatic rings. The highest BCUT2D eigenvalue weighted by Crippen LogP contribution is 2.36. The standard InChI is InChI=1S/C16H19N3O3S/c1-16(7-8-22-13-6-4-3-5-12(13)16)19-14(20)18-15-17-9-11(23-15)10-21-2/h3-6,9H,7-8,10H2,1-2H3,(H2,17,18,19,20). The van der Waals surface area contributed by atoms with Crippen molar-refractivity contribution in [2.45, 2.75) is 25.5 Å². The highest BCUT2D eigenvalue weighted by Gasteiger charge is 2.34. The third-order valence-corrected chi connectivity index (χ3v) is 4.68. The van der Waals surface area contributed by atoms with Crippen LogP contribution in [0.2, 0.25) is 0 Å². The Balaban J connectivity index is 1.70. The fraction of sp³-hybridized carbons (Fsp3) is 0.375. The van der Waals surface area contributed by atoms with Crippen LogP contribution in [0.1, 0.15) is 23.8 Å². The van der Waals surface area contributed by atoms with E-state index < -0.39 is 5.54 Å². The minimum atomic E-state index is -0.467. The predicted molar refractivity (Wildman–Crippen MR) is 88.9 cm³/mol. The van der Waals surface area contributed by atoms with Crippen LogP contribution in [-0.4, -0.2) is 24.7 Å². The third kappa shape index (κ3) is 3.46. The van der Waals surface area contributed by atoms with Crippen LogP contribution in [0.25, 0.3) is 0 Å². The van der Waals surface area contributed by atoms with Crippen molar-refractivity contribution in [1.29, 1.82) is 0 Å². The summed E-state index contributed by atoms with van der Waals surface area (Å²) in [6.07, 6.45) is 2.42. The molecular formula is C16H19N3O3S. The molecular weight excluding hydrogens is 314 g/mol. The lowest BCUT2D eigenvalue weighted by Crippen LogP contribution is -2.48. The van der Waals surface area contributed by atoms with Gasteiger partial charge in [-0.3, -0.25) is 5.32 Å². The summed E-state index contributed by atoms with van der Waals surface area (Å²) in [4.78, 5) is 17.5. The van der Waals surface area contributed by atoms with Crippen LogP contribution in [0.15, 0.2) is 30.5 Å². The van der Waals surface area contributed by atoms with Gasteiger partial charge in [0.2, 0.25) is 0 Å². The summed E-state index contributed by atoms with van der Waals surface area (Å²) in [6.45, 7) is 3.07. The SMILES string of the molecule is COCc1cnc(NC(=O)NC2(C)CCOc3ccccc32)s1. The van der Waals surface area contributed by atoms with E-state index in [1.54, 1.807) is 13.3 Å². The van der Waals surface area contributed by atoms with Gasteiger partial charge in [-0.05, 0) is 13.0 Å². The molecule has 1 unspecified atom stereocenters. The third-order valence-electron chi connectivity index (χ3n) is 3.79.